The third-order valence-electron chi connectivity index (χ3n) is 5.03. The van der Waals surface area contributed by atoms with Crippen LogP contribution in [0.1, 0.15) is 18.9 Å². The molecule has 11 heteroatoms. The van der Waals surface area contributed by atoms with Gasteiger partial charge in [0.05, 0.1) is 11.1 Å². The third-order valence-corrected chi connectivity index (χ3v) is 5.03. The number of hydrogen-bond acceptors (Lipinski definition) is 4. The summed E-state index contributed by atoms with van der Waals surface area (Å²) in [6.07, 6.45) is -7.75. The molecule has 0 radical (unpaired) electrons. The smallest absolute Gasteiger partial charge is 0.369 e. The standard InChI is InChI=1S/C19H20F6N4O/c1-10-7-11(28-17(30)16(26)19(23,24)25)9-29(8-10)14-5-4-13(18(20,21)22)15-12(14)3-2-6-27-15/h2-6,10-11,16H,7-9,26H2,1H3,(H,28,30)/t10-,11+,16+/m0/s1. The molecule has 0 saturated carbocycles. The molecule has 1 aliphatic rings. The highest BCUT2D eigenvalue weighted by molar-refractivity contribution is 5.94. The Morgan fingerprint density at radius 1 is 1.20 bits per heavy atom. The number of amides is 1. The summed E-state index contributed by atoms with van der Waals surface area (Å²) in [6.45, 7) is 2.45. The monoisotopic (exact) mass is 434 g/mol. The fourth-order valence-electron chi connectivity index (χ4n) is 3.75. The van der Waals surface area contributed by atoms with Gasteiger partial charge >= 0.3 is 12.4 Å². The molecule has 1 aliphatic heterocycles. The maximum Gasteiger partial charge on any atom is 0.418 e. The summed E-state index contributed by atoms with van der Waals surface area (Å²) in [5.41, 5.74) is 4.35. The van der Waals surface area contributed by atoms with Gasteiger partial charge in [0, 0.05) is 36.4 Å². The van der Waals surface area contributed by atoms with Gasteiger partial charge in [-0.25, -0.2) is 0 Å². The number of nitrogens with zero attached hydrogens (tertiary/aromatic N) is 2. The molecule has 5 nitrogen and oxygen atoms in total. The molecule has 3 atom stereocenters. The number of anilines is 1. The van der Waals surface area contributed by atoms with Crippen LogP contribution in [0.2, 0.25) is 0 Å². The highest BCUT2D eigenvalue weighted by Gasteiger charge is 2.43. The molecule has 0 bridgehead atoms. The molecule has 1 saturated heterocycles. The van der Waals surface area contributed by atoms with Gasteiger partial charge in [0.25, 0.3) is 0 Å². The molecular formula is C19H20F6N4O. The zero-order valence-electron chi connectivity index (χ0n) is 15.9. The van der Waals surface area contributed by atoms with Crippen LogP contribution < -0.4 is 16.0 Å². The Bertz CT molecular complexity index is 929. The number of aromatic nitrogens is 1. The van der Waals surface area contributed by atoms with Crippen LogP contribution in [0.4, 0.5) is 32.0 Å². The highest BCUT2D eigenvalue weighted by atomic mass is 19.4. The maximum atomic E-state index is 13.3. The average molecular weight is 434 g/mol. The van der Waals surface area contributed by atoms with Gasteiger partial charge in [-0.05, 0) is 36.6 Å². The zero-order valence-corrected chi connectivity index (χ0v) is 15.9. The van der Waals surface area contributed by atoms with Gasteiger partial charge in [0.2, 0.25) is 5.91 Å². The molecule has 1 amide bonds. The fraction of sp³-hybridized carbons (Fsp3) is 0.474. The lowest BCUT2D eigenvalue weighted by Crippen LogP contribution is -2.57. The lowest BCUT2D eigenvalue weighted by molar-refractivity contribution is -0.163. The summed E-state index contributed by atoms with van der Waals surface area (Å²) in [7, 11) is 0. The van der Waals surface area contributed by atoms with E-state index in [2.05, 4.69) is 10.3 Å². The molecule has 164 valence electrons. The summed E-state index contributed by atoms with van der Waals surface area (Å²) < 4.78 is 78.0. The molecule has 1 aromatic carbocycles. The molecular weight excluding hydrogens is 414 g/mol. The van der Waals surface area contributed by atoms with Crippen molar-refractivity contribution in [1.82, 2.24) is 10.3 Å². The summed E-state index contributed by atoms with van der Waals surface area (Å²) in [6, 6.07) is 2.02. The summed E-state index contributed by atoms with van der Waals surface area (Å²) in [5, 5.41) is 2.59. The van der Waals surface area contributed by atoms with E-state index in [-0.39, 0.29) is 23.4 Å². The Morgan fingerprint density at radius 2 is 1.90 bits per heavy atom. The largest absolute Gasteiger partial charge is 0.418 e. The summed E-state index contributed by atoms with van der Waals surface area (Å²) >= 11 is 0. The van der Waals surface area contributed by atoms with E-state index < -0.39 is 35.9 Å². The van der Waals surface area contributed by atoms with Gasteiger partial charge in [-0.3, -0.25) is 9.78 Å². The van der Waals surface area contributed by atoms with Crippen LogP contribution in [-0.4, -0.2) is 42.2 Å². The van der Waals surface area contributed by atoms with E-state index in [4.69, 9.17) is 5.73 Å². The number of fused-ring (bicyclic) bond motifs is 1. The molecule has 0 aliphatic carbocycles. The van der Waals surface area contributed by atoms with Crippen molar-refractivity contribution in [3.05, 3.63) is 36.0 Å². The molecule has 0 spiro atoms. The lowest BCUT2D eigenvalue weighted by atomic mass is 9.94. The van der Waals surface area contributed by atoms with E-state index in [0.29, 0.717) is 18.7 Å². The highest BCUT2D eigenvalue weighted by Crippen LogP contribution is 2.38. The van der Waals surface area contributed by atoms with Crippen molar-refractivity contribution in [1.29, 1.82) is 0 Å². The number of pyridine rings is 1. The van der Waals surface area contributed by atoms with E-state index in [9.17, 15) is 31.1 Å². The SMILES string of the molecule is C[C@H]1C[C@@H](NC(=O)[C@@H](N)C(F)(F)F)CN(c2ccc(C(F)(F)F)c3ncccc23)C1. The first-order chi connectivity index (χ1) is 13.9. The quantitative estimate of drug-likeness (QED) is 0.726. The number of alkyl halides is 6. The van der Waals surface area contributed by atoms with Crippen LogP contribution >= 0.6 is 0 Å². The number of benzene rings is 1. The molecule has 1 fully saturated rings. The fourth-order valence-corrected chi connectivity index (χ4v) is 3.75. The van der Waals surface area contributed by atoms with Crippen molar-refractivity contribution in [2.75, 3.05) is 18.0 Å². The molecule has 3 N–H and O–H groups in total. The van der Waals surface area contributed by atoms with Gasteiger partial charge in [-0.1, -0.05) is 6.92 Å². The van der Waals surface area contributed by atoms with Crippen molar-refractivity contribution in [2.45, 2.75) is 37.8 Å². The summed E-state index contributed by atoms with van der Waals surface area (Å²) in [4.78, 5) is 17.5. The number of halogens is 6. The molecule has 2 aromatic rings. The number of carbonyl (C=O) groups excluding carboxylic acids is 1. The van der Waals surface area contributed by atoms with Gasteiger partial charge in [-0.15, -0.1) is 0 Å². The van der Waals surface area contributed by atoms with Crippen LogP contribution in [0.3, 0.4) is 0 Å². The van der Waals surface area contributed by atoms with Crippen LogP contribution in [0.15, 0.2) is 30.5 Å². The Morgan fingerprint density at radius 3 is 2.53 bits per heavy atom. The first-order valence-electron chi connectivity index (χ1n) is 9.20. The number of nitrogens with one attached hydrogen (secondary N) is 1. The van der Waals surface area contributed by atoms with Crippen LogP contribution in [0.5, 0.6) is 0 Å². The molecule has 30 heavy (non-hydrogen) atoms. The van der Waals surface area contributed by atoms with Crippen molar-refractivity contribution in [3.8, 4) is 0 Å². The summed E-state index contributed by atoms with van der Waals surface area (Å²) in [5.74, 6) is -1.36. The Labute approximate surface area is 168 Å². The van der Waals surface area contributed by atoms with Crippen LogP contribution in [0, 0.1) is 5.92 Å². The van der Waals surface area contributed by atoms with Crippen molar-refractivity contribution >= 4 is 22.5 Å². The number of carbonyl (C=O) groups is 1. The second kappa shape index (κ2) is 7.93. The van der Waals surface area contributed by atoms with Crippen molar-refractivity contribution in [3.63, 3.8) is 0 Å². The number of hydrogen-bond donors (Lipinski definition) is 2. The van der Waals surface area contributed by atoms with Crippen LogP contribution in [0.25, 0.3) is 10.9 Å². The van der Waals surface area contributed by atoms with Gasteiger partial charge in [-0.2, -0.15) is 26.3 Å². The van der Waals surface area contributed by atoms with E-state index in [1.54, 1.807) is 4.90 Å². The molecule has 1 aromatic heterocycles. The van der Waals surface area contributed by atoms with E-state index >= 15 is 0 Å². The number of piperidine rings is 1. The lowest BCUT2D eigenvalue weighted by Gasteiger charge is -2.39. The zero-order chi connectivity index (χ0) is 22.3. The molecule has 2 heterocycles. The molecule has 0 unspecified atom stereocenters. The second-order valence-corrected chi connectivity index (χ2v) is 7.50. The normalized spacial score (nSPS) is 21.5. The van der Waals surface area contributed by atoms with E-state index in [0.717, 1.165) is 6.07 Å². The van der Waals surface area contributed by atoms with Gasteiger partial charge < -0.3 is 16.0 Å². The average Bonchev–Trinajstić information content (AvgIpc) is 2.64. The first-order valence-corrected chi connectivity index (χ1v) is 9.20. The topological polar surface area (TPSA) is 71.2 Å². The maximum absolute atomic E-state index is 13.3. The van der Waals surface area contributed by atoms with E-state index in [1.807, 2.05) is 6.92 Å². The second-order valence-electron chi connectivity index (χ2n) is 7.50. The predicted molar refractivity (Wildman–Crippen MR) is 98.7 cm³/mol. The third kappa shape index (κ3) is 4.61. The Kier molecular flexibility index (Phi) is 5.85. The minimum Gasteiger partial charge on any atom is -0.369 e. The minimum atomic E-state index is -4.86. The minimum absolute atomic E-state index is 0.0276. The van der Waals surface area contributed by atoms with Crippen molar-refractivity contribution < 1.29 is 31.1 Å². The first kappa shape index (κ1) is 22.1. The Balaban J connectivity index is 1.89. The van der Waals surface area contributed by atoms with E-state index in [1.165, 1.54) is 24.4 Å². The van der Waals surface area contributed by atoms with Gasteiger partial charge in [0.15, 0.2) is 6.04 Å². The van der Waals surface area contributed by atoms with Gasteiger partial charge in [0.1, 0.15) is 0 Å². The Hall–Kier alpha value is -2.56. The number of nitrogens with two attached hydrogens (primary N) is 1. The predicted octanol–water partition coefficient (Wildman–Crippen LogP) is 3.47. The van der Waals surface area contributed by atoms with Crippen LogP contribution in [-0.2, 0) is 11.0 Å². The molecule has 3 rings (SSSR count). The van der Waals surface area contributed by atoms with Crippen molar-refractivity contribution in [2.24, 2.45) is 11.7 Å². The number of rotatable bonds is 3.